The summed E-state index contributed by atoms with van der Waals surface area (Å²) in [6, 6.07) is 12.2. The molecule has 5 nitrogen and oxygen atoms in total. The number of H-pyrrole nitrogens is 1. The van der Waals surface area contributed by atoms with Gasteiger partial charge in [-0.15, -0.1) is 0 Å². The van der Waals surface area contributed by atoms with Gasteiger partial charge in [0, 0.05) is 5.56 Å². The lowest BCUT2D eigenvalue weighted by Gasteiger charge is -2.08. The summed E-state index contributed by atoms with van der Waals surface area (Å²) in [5, 5.41) is 10.2. The van der Waals surface area contributed by atoms with Gasteiger partial charge in [0.15, 0.2) is 11.5 Å². The highest BCUT2D eigenvalue weighted by molar-refractivity contribution is 5.87. The number of fused-ring (bicyclic) bond motifs is 1. The molecule has 0 aliphatic rings. The number of benzene rings is 2. The van der Waals surface area contributed by atoms with E-state index in [1.165, 1.54) is 19.2 Å². The summed E-state index contributed by atoms with van der Waals surface area (Å²) in [7, 11) is 1.43. The lowest BCUT2D eigenvalue weighted by atomic mass is 10.2. The van der Waals surface area contributed by atoms with Crippen LogP contribution >= 0.6 is 0 Å². The van der Waals surface area contributed by atoms with Crippen LogP contribution < -0.4 is 10.3 Å². The van der Waals surface area contributed by atoms with Crippen LogP contribution in [0.5, 0.6) is 11.5 Å². The normalized spacial score (nSPS) is 10.7. The maximum Gasteiger partial charge on any atom is 0.259 e. The Morgan fingerprint density at radius 2 is 1.90 bits per heavy atom. The molecule has 0 saturated heterocycles. The van der Waals surface area contributed by atoms with E-state index in [-0.39, 0.29) is 17.1 Å². The smallest absolute Gasteiger partial charge is 0.259 e. The van der Waals surface area contributed by atoms with E-state index in [9.17, 15) is 9.90 Å². The van der Waals surface area contributed by atoms with Crippen molar-refractivity contribution in [2.24, 2.45) is 0 Å². The van der Waals surface area contributed by atoms with E-state index in [1.807, 2.05) is 30.3 Å². The van der Waals surface area contributed by atoms with Gasteiger partial charge in [0.25, 0.3) is 5.56 Å². The fourth-order valence-corrected chi connectivity index (χ4v) is 2.10. The van der Waals surface area contributed by atoms with Gasteiger partial charge in [-0.05, 0) is 12.1 Å². The first-order chi connectivity index (χ1) is 9.70. The number of aromatic nitrogens is 2. The molecule has 1 aromatic heterocycles. The molecule has 3 rings (SSSR count). The van der Waals surface area contributed by atoms with E-state index >= 15 is 0 Å². The van der Waals surface area contributed by atoms with Crippen molar-refractivity contribution in [1.29, 1.82) is 0 Å². The van der Waals surface area contributed by atoms with Crippen LogP contribution in [0.2, 0.25) is 0 Å². The Balaban J connectivity index is 2.36. The lowest BCUT2D eigenvalue weighted by molar-refractivity contribution is 0.377. The van der Waals surface area contributed by atoms with E-state index < -0.39 is 0 Å². The number of phenols is 1. The second kappa shape index (κ2) is 4.70. The van der Waals surface area contributed by atoms with Crippen LogP contribution in [0, 0.1) is 0 Å². The zero-order chi connectivity index (χ0) is 14.1. The van der Waals surface area contributed by atoms with Crippen molar-refractivity contribution in [2.75, 3.05) is 7.11 Å². The number of hydrogen-bond acceptors (Lipinski definition) is 4. The fraction of sp³-hybridized carbons (Fsp3) is 0.0667. The highest BCUT2D eigenvalue weighted by Gasteiger charge is 2.13. The second-order valence-electron chi connectivity index (χ2n) is 4.29. The third-order valence-corrected chi connectivity index (χ3v) is 3.06. The topological polar surface area (TPSA) is 75.2 Å². The molecular weight excluding hydrogens is 256 g/mol. The average molecular weight is 268 g/mol. The number of rotatable bonds is 2. The lowest BCUT2D eigenvalue weighted by Crippen LogP contribution is -2.10. The van der Waals surface area contributed by atoms with Gasteiger partial charge in [0.2, 0.25) is 0 Å². The van der Waals surface area contributed by atoms with Crippen molar-refractivity contribution in [3.63, 3.8) is 0 Å². The molecule has 20 heavy (non-hydrogen) atoms. The molecule has 0 bridgehead atoms. The summed E-state index contributed by atoms with van der Waals surface area (Å²) in [6.07, 6.45) is 0. The Morgan fingerprint density at radius 3 is 2.60 bits per heavy atom. The Bertz CT molecular complexity index is 826. The highest BCUT2D eigenvalue weighted by Crippen LogP contribution is 2.32. The molecule has 0 spiro atoms. The molecule has 2 aromatic carbocycles. The third-order valence-electron chi connectivity index (χ3n) is 3.06. The number of nitrogens with one attached hydrogen (secondary N) is 1. The second-order valence-corrected chi connectivity index (χ2v) is 4.29. The molecule has 3 aromatic rings. The van der Waals surface area contributed by atoms with Crippen LogP contribution in [0.1, 0.15) is 0 Å². The summed E-state index contributed by atoms with van der Waals surface area (Å²) in [6.45, 7) is 0. The van der Waals surface area contributed by atoms with Crippen molar-refractivity contribution in [1.82, 2.24) is 9.97 Å². The number of nitrogens with zero attached hydrogens (tertiary/aromatic N) is 1. The third kappa shape index (κ3) is 1.89. The molecule has 1 heterocycles. The van der Waals surface area contributed by atoms with Gasteiger partial charge < -0.3 is 14.8 Å². The van der Waals surface area contributed by atoms with Gasteiger partial charge in [-0.25, -0.2) is 4.98 Å². The Kier molecular flexibility index (Phi) is 2.87. The molecule has 0 aliphatic heterocycles. The molecule has 2 N–H and O–H groups in total. The standard InChI is InChI=1S/C15H12N2O3/c1-20-13-11(18)8-7-10-12(13)16-14(17-15(10)19)9-5-3-2-4-6-9/h2-8,18H,1H3,(H,16,17,19). The predicted molar refractivity (Wildman–Crippen MR) is 76.0 cm³/mol. The minimum atomic E-state index is -0.271. The molecule has 0 radical (unpaired) electrons. The fourth-order valence-electron chi connectivity index (χ4n) is 2.10. The molecule has 0 atom stereocenters. The maximum atomic E-state index is 12.1. The largest absolute Gasteiger partial charge is 0.504 e. The quantitative estimate of drug-likeness (QED) is 0.747. The molecule has 0 saturated carbocycles. The zero-order valence-corrected chi connectivity index (χ0v) is 10.8. The zero-order valence-electron chi connectivity index (χ0n) is 10.8. The molecule has 0 fully saturated rings. The molecule has 100 valence electrons. The number of phenolic OH excluding ortho intramolecular Hbond substituents is 1. The number of aromatic hydroxyl groups is 1. The van der Waals surface area contributed by atoms with Crippen LogP contribution in [0.4, 0.5) is 0 Å². The Morgan fingerprint density at radius 1 is 1.15 bits per heavy atom. The van der Waals surface area contributed by atoms with Crippen LogP contribution in [0.15, 0.2) is 47.3 Å². The summed E-state index contributed by atoms with van der Waals surface area (Å²) in [4.78, 5) is 19.3. The van der Waals surface area contributed by atoms with E-state index in [0.717, 1.165) is 5.56 Å². The van der Waals surface area contributed by atoms with Crippen LogP contribution in [-0.4, -0.2) is 22.2 Å². The Labute approximate surface area is 114 Å². The first-order valence-corrected chi connectivity index (χ1v) is 6.06. The monoisotopic (exact) mass is 268 g/mol. The SMILES string of the molecule is COc1c(O)ccc2c(=O)[nH]c(-c3ccccc3)nc12. The maximum absolute atomic E-state index is 12.1. The van der Waals surface area contributed by atoms with E-state index in [2.05, 4.69) is 9.97 Å². The Hall–Kier alpha value is -2.82. The van der Waals surface area contributed by atoms with Crippen molar-refractivity contribution in [3.8, 4) is 22.9 Å². The first kappa shape index (κ1) is 12.2. The number of ether oxygens (including phenoxy) is 1. The summed E-state index contributed by atoms with van der Waals surface area (Å²) < 4.78 is 5.14. The summed E-state index contributed by atoms with van der Waals surface area (Å²) >= 11 is 0. The molecule has 5 heteroatoms. The molecule has 0 unspecified atom stereocenters. The number of methoxy groups -OCH3 is 1. The van der Waals surface area contributed by atoms with E-state index in [0.29, 0.717) is 16.7 Å². The van der Waals surface area contributed by atoms with E-state index in [4.69, 9.17) is 4.74 Å². The van der Waals surface area contributed by atoms with Crippen molar-refractivity contribution in [3.05, 3.63) is 52.8 Å². The minimum absolute atomic E-state index is 0.0443. The van der Waals surface area contributed by atoms with Gasteiger partial charge in [0.1, 0.15) is 11.3 Å². The predicted octanol–water partition coefficient (Wildman–Crippen LogP) is 2.30. The first-order valence-electron chi connectivity index (χ1n) is 6.06. The van der Waals surface area contributed by atoms with Crippen molar-refractivity contribution >= 4 is 10.9 Å². The average Bonchev–Trinajstić information content (AvgIpc) is 2.48. The van der Waals surface area contributed by atoms with Gasteiger partial charge in [-0.1, -0.05) is 30.3 Å². The van der Waals surface area contributed by atoms with Crippen molar-refractivity contribution in [2.45, 2.75) is 0 Å². The summed E-state index contributed by atoms with van der Waals surface area (Å²) in [5.74, 6) is 0.592. The number of aromatic amines is 1. The van der Waals surface area contributed by atoms with Gasteiger partial charge >= 0.3 is 0 Å². The number of hydrogen-bond donors (Lipinski definition) is 2. The molecule has 0 amide bonds. The van der Waals surface area contributed by atoms with Crippen LogP contribution in [-0.2, 0) is 0 Å². The van der Waals surface area contributed by atoms with E-state index in [1.54, 1.807) is 0 Å². The summed E-state index contributed by atoms with van der Waals surface area (Å²) in [5.41, 5.74) is 0.860. The molecular formula is C15H12N2O3. The van der Waals surface area contributed by atoms with Gasteiger partial charge in [-0.3, -0.25) is 4.79 Å². The van der Waals surface area contributed by atoms with Gasteiger partial charge in [0.05, 0.1) is 12.5 Å². The minimum Gasteiger partial charge on any atom is -0.504 e. The molecule has 0 aliphatic carbocycles. The van der Waals surface area contributed by atoms with Gasteiger partial charge in [-0.2, -0.15) is 0 Å². The van der Waals surface area contributed by atoms with Crippen LogP contribution in [0.25, 0.3) is 22.3 Å². The highest BCUT2D eigenvalue weighted by atomic mass is 16.5. The van der Waals surface area contributed by atoms with Crippen molar-refractivity contribution < 1.29 is 9.84 Å². The van der Waals surface area contributed by atoms with Crippen LogP contribution in [0.3, 0.4) is 0 Å².